The van der Waals surface area contributed by atoms with Gasteiger partial charge in [-0.3, -0.25) is 4.79 Å². The quantitative estimate of drug-likeness (QED) is 0.766. The van der Waals surface area contributed by atoms with Crippen molar-refractivity contribution in [3.63, 3.8) is 0 Å². The van der Waals surface area contributed by atoms with Gasteiger partial charge in [0.05, 0.1) is 6.04 Å². The van der Waals surface area contributed by atoms with Gasteiger partial charge in [0.1, 0.15) is 10.7 Å². The Kier molecular flexibility index (Phi) is 4.97. The highest BCUT2D eigenvalue weighted by Crippen LogP contribution is 2.27. The molecule has 1 unspecified atom stereocenters. The van der Waals surface area contributed by atoms with E-state index in [1.54, 1.807) is 18.4 Å². The predicted molar refractivity (Wildman–Crippen MR) is 85.5 cm³/mol. The van der Waals surface area contributed by atoms with Crippen LogP contribution in [0.3, 0.4) is 0 Å². The van der Waals surface area contributed by atoms with Gasteiger partial charge in [-0.25, -0.2) is 4.98 Å². The van der Waals surface area contributed by atoms with Gasteiger partial charge in [-0.05, 0) is 17.9 Å². The second-order valence-corrected chi connectivity index (χ2v) is 6.29. The van der Waals surface area contributed by atoms with Crippen LogP contribution in [0, 0.1) is 0 Å². The topological polar surface area (TPSA) is 80.0 Å². The summed E-state index contributed by atoms with van der Waals surface area (Å²) >= 11 is 2.92. The number of carbonyl (C=O) groups excluding carboxylic acids is 1. The van der Waals surface area contributed by atoms with Crippen molar-refractivity contribution in [2.24, 2.45) is 0 Å². The molecule has 0 bridgehead atoms. The number of anilines is 2. The third-order valence-electron chi connectivity index (χ3n) is 2.84. The molecule has 0 aliphatic rings. The summed E-state index contributed by atoms with van der Waals surface area (Å²) in [5.41, 5.74) is 5.79. The van der Waals surface area contributed by atoms with Gasteiger partial charge in [0, 0.05) is 11.9 Å². The van der Waals surface area contributed by atoms with E-state index >= 15 is 0 Å². The summed E-state index contributed by atoms with van der Waals surface area (Å²) in [5, 5.41) is 8.61. The van der Waals surface area contributed by atoms with Crippen molar-refractivity contribution in [1.82, 2.24) is 10.3 Å². The van der Waals surface area contributed by atoms with Gasteiger partial charge in [-0.2, -0.15) is 0 Å². The molecule has 0 saturated carbocycles. The van der Waals surface area contributed by atoms with Crippen LogP contribution in [0.2, 0.25) is 0 Å². The van der Waals surface area contributed by atoms with Crippen LogP contribution in [-0.4, -0.2) is 17.9 Å². The number of hydrogen-bond acceptors (Lipinski definition) is 6. The van der Waals surface area contributed by atoms with Crippen molar-refractivity contribution >= 4 is 39.5 Å². The van der Waals surface area contributed by atoms with Gasteiger partial charge >= 0.3 is 0 Å². The molecular weight excluding hydrogens is 292 g/mol. The third kappa shape index (κ3) is 3.29. The number of amides is 1. The zero-order chi connectivity index (χ0) is 14.5. The largest absolute Gasteiger partial charge is 0.382 e. The maximum atomic E-state index is 12.3. The van der Waals surface area contributed by atoms with E-state index in [0.29, 0.717) is 10.0 Å². The van der Waals surface area contributed by atoms with E-state index in [9.17, 15) is 4.79 Å². The highest BCUT2D eigenvalue weighted by molar-refractivity contribution is 7.18. The Bertz CT molecular complexity index is 565. The summed E-state index contributed by atoms with van der Waals surface area (Å²) in [7, 11) is 1.76. The lowest BCUT2D eigenvalue weighted by atomic mass is 10.1. The lowest BCUT2D eigenvalue weighted by molar-refractivity contribution is 0.0940. The molecule has 1 atom stereocenters. The number of carbonyl (C=O) groups is 1. The zero-order valence-electron chi connectivity index (χ0n) is 11.5. The average molecular weight is 310 g/mol. The van der Waals surface area contributed by atoms with Gasteiger partial charge in [0.15, 0.2) is 5.13 Å². The van der Waals surface area contributed by atoms with E-state index in [0.717, 1.165) is 17.7 Å². The van der Waals surface area contributed by atoms with Crippen LogP contribution >= 0.6 is 22.7 Å². The van der Waals surface area contributed by atoms with Crippen LogP contribution in [0.5, 0.6) is 0 Å². The van der Waals surface area contributed by atoms with Crippen molar-refractivity contribution < 1.29 is 4.79 Å². The van der Waals surface area contributed by atoms with Gasteiger partial charge in [0.2, 0.25) is 0 Å². The Morgan fingerprint density at radius 1 is 1.55 bits per heavy atom. The number of rotatable bonds is 6. The van der Waals surface area contributed by atoms with Gasteiger partial charge in [-0.1, -0.05) is 30.7 Å². The normalized spacial score (nSPS) is 12.1. The van der Waals surface area contributed by atoms with Crippen LogP contribution in [0.15, 0.2) is 17.5 Å². The van der Waals surface area contributed by atoms with Crippen molar-refractivity contribution in [1.29, 1.82) is 0 Å². The first-order valence-electron chi connectivity index (χ1n) is 6.44. The maximum absolute atomic E-state index is 12.3. The molecule has 1 amide bonds. The van der Waals surface area contributed by atoms with Crippen molar-refractivity contribution in [2.75, 3.05) is 18.1 Å². The maximum Gasteiger partial charge on any atom is 0.265 e. The van der Waals surface area contributed by atoms with E-state index in [2.05, 4.69) is 22.5 Å². The molecule has 2 heterocycles. The molecule has 2 aromatic rings. The number of nitrogens with zero attached hydrogens (tertiary/aromatic N) is 1. The standard InChI is InChI=1S/C13H18N4OS2/c1-3-5-8(9-6-4-7-19-9)16-12(18)10-11(14)17-13(15-2)20-10/h4,6-8H,3,5,14H2,1-2H3,(H,15,17)(H,16,18). The molecule has 0 fully saturated rings. The minimum absolute atomic E-state index is 0.0343. The van der Waals surface area contributed by atoms with Gasteiger partial charge < -0.3 is 16.4 Å². The van der Waals surface area contributed by atoms with Gasteiger partial charge in [-0.15, -0.1) is 11.3 Å². The monoisotopic (exact) mass is 310 g/mol. The number of nitrogens with one attached hydrogen (secondary N) is 2. The van der Waals surface area contributed by atoms with E-state index in [1.165, 1.54) is 11.3 Å². The summed E-state index contributed by atoms with van der Waals surface area (Å²) in [6.07, 6.45) is 1.91. The lowest BCUT2D eigenvalue weighted by Gasteiger charge is -2.16. The van der Waals surface area contributed by atoms with Crippen LogP contribution < -0.4 is 16.4 Å². The molecule has 108 valence electrons. The first-order chi connectivity index (χ1) is 9.65. The Balaban J connectivity index is 2.13. The molecule has 0 aliphatic heterocycles. The van der Waals surface area contributed by atoms with Crippen LogP contribution in [0.25, 0.3) is 0 Å². The SMILES string of the molecule is CCCC(NC(=O)c1sc(NC)nc1N)c1cccs1. The summed E-state index contributed by atoms with van der Waals surface area (Å²) in [6, 6.07) is 4.07. The van der Waals surface area contributed by atoms with Crippen LogP contribution in [0.4, 0.5) is 10.9 Å². The summed E-state index contributed by atoms with van der Waals surface area (Å²) in [4.78, 5) is 18.1. The molecule has 2 rings (SSSR count). The first-order valence-corrected chi connectivity index (χ1v) is 8.13. The van der Waals surface area contributed by atoms with E-state index < -0.39 is 0 Å². The molecule has 0 aromatic carbocycles. The van der Waals surface area contributed by atoms with E-state index in [1.807, 2.05) is 17.5 Å². The summed E-state index contributed by atoms with van der Waals surface area (Å²) < 4.78 is 0. The number of thiazole rings is 1. The third-order valence-corrected chi connectivity index (χ3v) is 4.92. The number of nitrogens with two attached hydrogens (primary N) is 1. The van der Waals surface area contributed by atoms with Gasteiger partial charge in [0.25, 0.3) is 5.91 Å². The zero-order valence-corrected chi connectivity index (χ0v) is 13.1. The fraction of sp³-hybridized carbons (Fsp3) is 0.385. The highest BCUT2D eigenvalue weighted by Gasteiger charge is 2.20. The first kappa shape index (κ1) is 14.8. The number of aromatic nitrogens is 1. The molecule has 0 aliphatic carbocycles. The van der Waals surface area contributed by atoms with Crippen molar-refractivity contribution in [3.8, 4) is 0 Å². The number of nitrogen functional groups attached to an aromatic ring is 1. The molecule has 20 heavy (non-hydrogen) atoms. The molecule has 5 nitrogen and oxygen atoms in total. The molecule has 0 spiro atoms. The number of hydrogen-bond donors (Lipinski definition) is 3. The summed E-state index contributed by atoms with van der Waals surface area (Å²) in [5.74, 6) is 0.117. The number of thiophene rings is 1. The minimum atomic E-state index is -0.159. The Labute approximate surface area is 126 Å². The molecule has 2 aromatic heterocycles. The Morgan fingerprint density at radius 2 is 2.35 bits per heavy atom. The van der Waals surface area contributed by atoms with E-state index in [4.69, 9.17) is 5.73 Å². The summed E-state index contributed by atoms with van der Waals surface area (Å²) in [6.45, 7) is 2.10. The Morgan fingerprint density at radius 3 is 2.90 bits per heavy atom. The molecular formula is C13H18N4OS2. The van der Waals surface area contributed by atoms with Crippen molar-refractivity contribution in [3.05, 3.63) is 27.3 Å². The van der Waals surface area contributed by atoms with Crippen LogP contribution in [0.1, 0.15) is 40.4 Å². The Hall–Kier alpha value is -1.60. The van der Waals surface area contributed by atoms with Crippen LogP contribution in [-0.2, 0) is 0 Å². The average Bonchev–Trinajstić information content (AvgIpc) is 3.07. The molecule has 7 heteroatoms. The smallest absolute Gasteiger partial charge is 0.265 e. The highest BCUT2D eigenvalue weighted by atomic mass is 32.1. The molecule has 4 N–H and O–H groups in total. The second kappa shape index (κ2) is 6.71. The predicted octanol–water partition coefficient (Wildman–Crippen LogP) is 3.10. The minimum Gasteiger partial charge on any atom is -0.382 e. The second-order valence-electron chi connectivity index (χ2n) is 4.31. The molecule has 0 radical (unpaired) electrons. The molecule has 0 saturated heterocycles. The van der Waals surface area contributed by atoms with E-state index in [-0.39, 0.29) is 17.8 Å². The lowest BCUT2D eigenvalue weighted by Crippen LogP contribution is -2.27. The fourth-order valence-electron chi connectivity index (χ4n) is 1.89. The van der Waals surface area contributed by atoms with Crippen molar-refractivity contribution in [2.45, 2.75) is 25.8 Å². The fourth-order valence-corrected chi connectivity index (χ4v) is 3.44.